The first-order valence-corrected chi connectivity index (χ1v) is 10.4. The van der Waals surface area contributed by atoms with Gasteiger partial charge >= 0.3 is 0 Å². The molecule has 0 nitrogen and oxygen atoms in total. The van der Waals surface area contributed by atoms with E-state index in [-0.39, 0.29) is 6.47 Å². The van der Waals surface area contributed by atoms with Gasteiger partial charge < -0.3 is 0 Å². The van der Waals surface area contributed by atoms with Crippen LogP contribution in [0.5, 0.6) is 0 Å². The van der Waals surface area contributed by atoms with E-state index in [0.29, 0.717) is 10.8 Å². The first-order chi connectivity index (χ1) is 9.36. The molecular weight excluding hydrogens is 512 g/mol. The van der Waals surface area contributed by atoms with Crippen LogP contribution in [0.1, 0.15) is 24.0 Å². The normalized spacial score (nSPS) is 48.4. The highest BCUT2D eigenvalue weighted by molar-refractivity contribution is 9.26. The summed E-state index contributed by atoms with van der Waals surface area (Å²) in [5.41, 5.74) is 3.94. The molecule has 3 saturated carbocycles. The van der Waals surface area contributed by atoms with Crippen molar-refractivity contribution in [3.05, 3.63) is 35.4 Å². The minimum atomic E-state index is 0.141. The van der Waals surface area contributed by atoms with Gasteiger partial charge in [0.1, 0.15) is 0 Å². The summed E-state index contributed by atoms with van der Waals surface area (Å²) in [5, 5.41) is 0. The lowest BCUT2D eigenvalue weighted by Crippen LogP contribution is -2.29. The van der Waals surface area contributed by atoms with Crippen molar-refractivity contribution in [1.82, 2.24) is 0 Å². The summed E-state index contributed by atoms with van der Waals surface area (Å²) in [6, 6.07) is 9.04. The Bertz CT molecular complexity index is 586. The van der Waals surface area contributed by atoms with Gasteiger partial charge in [0, 0.05) is 10.8 Å². The van der Waals surface area contributed by atoms with Crippen LogP contribution in [0.15, 0.2) is 24.3 Å². The lowest BCUT2D eigenvalue weighted by Gasteiger charge is -2.34. The molecule has 5 rings (SSSR count). The van der Waals surface area contributed by atoms with Crippen molar-refractivity contribution < 1.29 is 0 Å². The minimum Gasteiger partial charge on any atom is -0.0721 e. The number of hydrogen-bond donors (Lipinski definition) is 0. The fourth-order valence-electron chi connectivity index (χ4n) is 5.41. The third kappa shape index (κ3) is 1.24. The molecule has 0 N–H and O–H groups in total. The molecule has 20 heavy (non-hydrogen) atoms. The van der Waals surface area contributed by atoms with Crippen LogP contribution in [-0.2, 0) is 12.8 Å². The van der Waals surface area contributed by atoms with Gasteiger partial charge in [-0.05, 0) is 48.6 Å². The Balaban J connectivity index is 1.64. The molecule has 0 heterocycles. The predicted octanol–water partition coefficient (Wildman–Crippen LogP) is 5.78. The standard InChI is InChI=1S/C16H14Br4/c17-15(18)11-7-13-5-9-3-1-2-4-10(9)6-14(13,8-12(11)15)16(13,19)20/h1-4,11-12H,5-8H2/t11-,12-,13-,14+/m0/s1. The van der Waals surface area contributed by atoms with E-state index < -0.39 is 0 Å². The van der Waals surface area contributed by atoms with Gasteiger partial charge in [-0.25, -0.2) is 0 Å². The summed E-state index contributed by atoms with van der Waals surface area (Å²) in [6.07, 6.45) is 5.08. The van der Waals surface area contributed by atoms with E-state index in [1.165, 1.54) is 25.7 Å². The molecule has 3 fully saturated rings. The number of rotatable bonds is 0. The summed E-state index contributed by atoms with van der Waals surface area (Å²) < 4.78 is 0.364. The van der Waals surface area contributed by atoms with Gasteiger partial charge in [-0.1, -0.05) is 88.0 Å². The molecule has 0 saturated heterocycles. The smallest absolute Gasteiger partial charge is 0.0721 e. The van der Waals surface area contributed by atoms with Crippen molar-refractivity contribution in [2.75, 3.05) is 0 Å². The van der Waals surface area contributed by atoms with E-state index in [2.05, 4.69) is 88.0 Å². The van der Waals surface area contributed by atoms with Gasteiger partial charge in [-0.15, -0.1) is 0 Å². The third-order valence-corrected chi connectivity index (χ3v) is 12.0. The van der Waals surface area contributed by atoms with Crippen LogP contribution >= 0.6 is 63.7 Å². The zero-order chi connectivity index (χ0) is 14.0. The maximum atomic E-state index is 4.08. The van der Waals surface area contributed by atoms with Crippen molar-refractivity contribution >= 4 is 63.7 Å². The summed E-state index contributed by atoms with van der Waals surface area (Å²) in [4.78, 5) is 0. The fraction of sp³-hybridized carbons (Fsp3) is 0.625. The molecule has 0 aliphatic heterocycles. The van der Waals surface area contributed by atoms with Gasteiger partial charge in [-0.2, -0.15) is 0 Å². The molecule has 0 bridgehead atoms. The average Bonchev–Trinajstić information content (AvgIpc) is 3.09. The van der Waals surface area contributed by atoms with E-state index in [4.69, 9.17) is 0 Å². The van der Waals surface area contributed by atoms with Crippen molar-refractivity contribution in [3.8, 4) is 0 Å². The number of fused-ring (bicyclic) bond motifs is 2. The minimum absolute atomic E-state index is 0.141. The summed E-state index contributed by atoms with van der Waals surface area (Å²) in [5.74, 6) is 1.58. The molecule has 4 aliphatic rings. The van der Waals surface area contributed by atoms with Crippen molar-refractivity contribution in [2.45, 2.75) is 32.2 Å². The third-order valence-electron chi connectivity index (χ3n) is 6.66. The zero-order valence-electron chi connectivity index (χ0n) is 10.8. The van der Waals surface area contributed by atoms with Gasteiger partial charge in [0.25, 0.3) is 0 Å². The molecule has 1 aromatic rings. The topological polar surface area (TPSA) is 0 Å². The van der Waals surface area contributed by atoms with E-state index in [1.807, 2.05) is 0 Å². The molecule has 0 unspecified atom stereocenters. The highest BCUT2D eigenvalue weighted by Gasteiger charge is 2.90. The number of benzene rings is 1. The summed E-state index contributed by atoms with van der Waals surface area (Å²) in [6.45, 7) is 0. The van der Waals surface area contributed by atoms with Gasteiger partial charge in [0.2, 0.25) is 0 Å². The molecule has 1 aromatic carbocycles. The maximum absolute atomic E-state index is 4.08. The van der Waals surface area contributed by atoms with E-state index in [1.54, 1.807) is 11.1 Å². The number of alkyl halides is 4. The molecule has 4 heteroatoms. The Labute approximate surface area is 153 Å². The van der Waals surface area contributed by atoms with Crippen LogP contribution < -0.4 is 0 Å². The molecular formula is C16H14Br4. The highest BCUT2D eigenvalue weighted by atomic mass is 79.9. The predicted molar refractivity (Wildman–Crippen MR) is 96.1 cm³/mol. The molecule has 0 spiro atoms. The van der Waals surface area contributed by atoms with Gasteiger partial charge in [0.05, 0.1) is 6.47 Å². The van der Waals surface area contributed by atoms with Gasteiger partial charge in [0.15, 0.2) is 0 Å². The van der Waals surface area contributed by atoms with Crippen LogP contribution in [0.2, 0.25) is 0 Å². The Kier molecular flexibility index (Phi) is 2.46. The fourth-order valence-corrected chi connectivity index (χ4v) is 9.60. The van der Waals surface area contributed by atoms with Crippen LogP contribution in [0.4, 0.5) is 0 Å². The largest absolute Gasteiger partial charge is 0.0936 e. The van der Waals surface area contributed by atoms with Gasteiger partial charge in [-0.3, -0.25) is 0 Å². The van der Waals surface area contributed by atoms with Crippen LogP contribution in [-0.4, -0.2) is 6.47 Å². The quantitative estimate of drug-likeness (QED) is 0.377. The van der Waals surface area contributed by atoms with Crippen LogP contribution in [0, 0.1) is 22.7 Å². The van der Waals surface area contributed by atoms with E-state index >= 15 is 0 Å². The Morgan fingerprint density at radius 3 is 1.70 bits per heavy atom. The first-order valence-electron chi connectivity index (χ1n) is 7.18. The van der Waals surface area contributed by atoms with Crippen molar-refractivity contribution in [3.63, 3.8) is 0 Å². The first kappa shape index (κ1) is 13.6. The SMILES string of the molecule is BrC1(Br)[C@H]2C[C@]34Cc5ccccc5C[C@@]3(C[C@@H]21)C4(Br)Br. The van der Waals surface area contributed by atoms with E-state index in [0.717, 1.165) is 11.8 Å². The maximum Gasteiger partial charge on any atom is 0.0936 e. The molecule has 4 atom stereocenters. The Morgan fingerprint density at radius 2 is 1.25 bits per heavy atom. The Hall–Kier alpha value is 1.14. The number of hydrogen-bond acceptors (Lipinski definition) is 0. The molecule has 4 aliphatic carbocycles. The lowest BCUT2D eigenvalue weighted by atomic mass is 9.69. The summed E-state index contributed by atoms with van der Waals surface area (Å²) >= 11 is 16.0. The Morgan fingerprint density at radius 1 is 0.800 bits per heavy atom. The second kappa shape index (κ2) is 3.62. The van der Waals surface area contributed by atoms with Crippen LogP contribution in [0.3, 0.4) is 0 Å². The molecule has 106 valence electrons. The average molecular weight is 526 g/mol. The van der Waals surface area contributed by atoms with Crippen molar-refractivity contribution in [2.24, 2.45) is 22.7 Å². The lowest BCUT2D eigenvalue weighted by molar-refractivity contribution is 0.211. The number of halogens is 4. The molecule has 0 amide bonds. The summed E-state index contributed by atoms with van der Waals surface area (Å²) in [7, 11) is 0. The van der Waals surface area contributed by atoms with Crippen LogP contribution in [0.25, 0.3) is 0 Å². The van der Waals surface area contributed by atoms with E-state index in [9.17, 15) is 0 Å². The second-order valence-electron chi connectivity index (χ2n) is 7.16. The van der Waals surface area contributed by atoms with Crippen molar-refractivity contribution in [1.29, 1.82) is 0 Å². The molecule has 0 radical (unpaired) electrons. The zero-order valence-corrected chi connectivity index (χ0v) is 17.1. The second-order valence-corrected chi connectivity index (χ2v) is 14.3. The molecule has 0 aromatic heterocycles. The highest BCUT2D eigenvalue weighted by Crippen LogP contribution is 2.93. The monoisotopic (exact) mass is 522 g/mol.